The number of halogens is 1. The molecule has 2 aromatic carbocycles. The normalized spacial score (nSPS) is 10.4. The fourth-order valence-electron chi connectivity index (χ4n) is 1.38. The van der Waals surface area contributed by atoms with Crippen molar-refractivity contribution in [1.82, 2.24) is 0 Å². The lowest BCUT2D eigenvalue weighted by molar-refractivity contribution is 1.46. The zero-order valence-corrected chi connectivity index (χ0v) is 10.6. The van der Waals surface area contributed by atoms with Gasteiger partial charge in [0.15, 0.2) is 0 Å². The van der Waals surface area contributed by atoms with Crippen molar-refractivity contribution in [3.8, 4) is 6.07 Å². The molecule has 0 heterocycles. The van der Waals surface area contributed by atoms with Gasteiger partial charge in [0, 0.05) is 16.3 Å². The largest absolute Gasteiger partial charge is 0.256 e. The monoisotopic (exact) mass is 284 g/mol. The van der Waals surface area contributed by atoms with Gasteiger partial charge in [-0.25, -0.2) is 0 Å². The summed E-state index contributed by atoms with van der Waals surface area (Å²) >= 11 is 3.37. The highest BCUT2D eigenvalue weighted by Crippen LogP contribution is 2.17. The molecule has 0 unspecified atom stereocenters. The Morgan fingerprint density at radius 1 is 1.06 bits per heavy atom. The van der Waals surface area contributed by atoms with E-state index in [9.17, 15) is 0 Å². The minimum atomic E-state index is 0.633. The van der Waals surface area contributed by atoms with Crippen molar-refractivity contribution in [2.24, 2.45) is 4.99 Å². The lowest BCUT2D eigenvalue weighted by Crippen LogP contribution is -1.86. The van der Waals surface area contributed by atoms with Gasteiger partial charge < -0.3 is 0 Å². The summed E-state index contributed by atoms with van der Waals surface area (Å²) in [6.45, 7) is 0. The van der Waals surface area contributed by atoms with E-state index in [2.05, 4.69) is 27.0 Å². The van der Waals surface area contributed by atoms with Gasteiger partial charge in [-0.2, -0.15) is 5.26 Å². The van der Waals surface area contributed by atoms with Crippen LogP contribution < -0.4 is 0 Å². The van der Waals surface area contributed by atoms with E-state index in [1.54, 1.807) is 12.3 Å². The average Bonchev–Trinajstić information content (AvgIpc) is 2.38. The van der Waals surface area contributed by atoms with Crippen molar-refractivity contribution in [3.05, 3.63) is 64.1 Å². The van der Waals surface area contributed by atoms with E-state index < -0.39 is 0 Å². The van der Waals surface area contributed by atoms with Crippen LogP contribution in [0.1, 0.15) is 11.1 Å². The molecule has 2 rings (SSSR count). The smallest absolute Gasteiger partial charge is 0.0998 e. The van der Waals surface area contributed by atoms with Crippen LogP contribution in [-0.4, -0.2) is 6.21 Å². The number of hydrogen-bond donors (Lipinski definition) is 0. The van der Waals surface area contributed by atoms with Crippen molar-refractivity contribution in [2.45, 2.75) is 0 Å². The molecule has 17 heavy (non-hydrogen) atoms. The van der Waals surface area contributed by atoms with Crippen molar-refractivity contribution in [2.75, 3.05) is 0 Å². The second kappa shape index (κ2) is 5.42. The summed E-state index contributed by atoms with van der Waals surface area (Å²) in [5.74, 6) is 0. The summed E-state index contributed by atoms with van der Waals surface area (Å²) in [6.07, 6.45) is 1.71. The molecular weight excluding hydrogens is 276 g/mol. The first-order valence-corrected chi connectivity index (χ1v) is 5.87. The molecule has 3 heteroatoms. The molecule has 0 N–H and O–H groups in total. The van der Waals surface area contributed by atoms with E-state index in [1.165, 1.54) is 0 Å². The van der Waals surface area contributed by atoms with E-state index in [1.807, 2.05) is 42.5 Å². The average molecular weight is 285 g/mol. The number of rotatable bonds is 2. The van der Waals surface area contributed by atoms with Gasteiger partial charge in [-0.1, -0.05) is 34.1 Å². The van der Waals surface area contributed by atoms with Crippen LogP contribution in [0.5, 0.6) is 0 Å². The third-order valence-electron chi connectivity index (χ3n) is 2.26. The SMILES string of the molecule is N#Cc1ccccc1C=Nc1ccc(Br)cc1. The third kappa shape index (κ3) is 3.02. The third-order valence-corrected chi connectivity index (χ3v) is 2.79. The molecule has 0 aliphatic carbocycles. The first-order chi connectivity index (χ1) is 8.29. The molecule has 0 aliphatic rings. The second-order valence-corrected chi connectivity index (χ2v) is 4.35. The predicted octanol–water partition coefficient (Wildman–Crippen LogP) is 4.07. The first-order valence-electron chi connectivity index (χ1n) is 5.08. The Labute approximate surface area is 108 Å². The van der Waals surface area contributed by atoms with Crippen molar-refractivity contribution in [1.29, 1.82) is 5.26 Å². The quantitative estimate of drug-likeness (QED) is 0.766. The Balaban J connectivity index is 2.26. The Bertz CT molecular complexity index is 580. The lowest BCUT2D eigenvalue weighted by Gasteiger charge is -1.96. The van der Waals surface area contributed by atoms with Gasteiger partial charge in [0.05, 0.1) is 17.3 Å². The van der Waals surface area contributed by atoms with Crippen LogP contribution in [0.3, 0.4) is 0 Å². The number of nitriles is 1. The summed E-state index contributed by atoms with van der Waals surface area (Å²) in [4.78, 5) is 4.33. The van der Waals surface area contributed by atoms with Crippen LogP contribution >= 0.6 is 15.9 Å². The zero-order valence-electron chi connectivity index (χ0n) is 8.97. The van der Waals surface area contributed by atoms with Gasteiger partial charge in [0.2, 0.25) is 0 Å². The fraction of sp³-hybridized carbons (Fsp3) is 0. The van der Waals surface area contributed by atoms with Crippen LogP contribution in [-0.2, 0) is 0 Å². The second-order valence-electron chi connectivity index (χ2n) is 3.43. The van der Waals surface area contributed by atoms with E-state index in [-0.39, 0.29) is 0 Å². The lowest BCUT2D eigenvalue weighted by atomic mass is 10.1. The minimum absolute atomic E-state index is 0.633. The number of nitrogens with zero attached hydrogens (tertiary/aromatic N) is 2. The van der Waals surface area contributed by atoms with Gasteiger partial charge in [0.1, 0.15) is 0 Å². The number of hydrogen-bond acceptors (Lipinski definition) is 2. The van der Waals surface area contributed by atoms with Gasteiger partial charge in [-0.05, 0) is 30.3 Å². The van der Waals surface area contributed by atoms with Crippen molar-refractivity contribution >= 4 is 27.8 Å². The molecule has 0 spiro atoms. The standard InChI is InChI=1S/C14H9BrN2/c15-13-5-7-14(8-6-13)17-10-12-4-2-1-3-11(12)9-16/h1-8,10H. The van der Waals surface area contributed by atoms with Gasteiger partial charge >= 0.3 is 0 Å². The Kier molecular flexibility index (Phi) is 3.69. The van der Waals surface area contributed by atoms with E-state index >= 15 is 0 Å². The van der Waals surface area contributed by atoms with E-state index in [4.69, 9.17) is 5.26 Å². The topological polar surface area (TPSA) is 36.1 Å². The highest BCUT2D eigenvalue weighted by molar-refractivity contribution is 9.10. The summed E-state index contributed by atoms with van der Waals surface area (Å²) in [7, 11) is 0. The minimum Gasteiger partial charge on any atom is -0.256 e. The summed E-state index contributed by atoms with van der Waals surface area (Å²) in [5.41, 5.74) is 2.33. The summed E-state index contributed by atoms with van der Waals surface area (Å²) in [5, 5.41) is 8.93. The summed E-state index contributed by atoms with van der Waals surface area (Å²) in [6, 6.07) is 17.2. The highest BCUT2D eigenvalue weighted by Gasteiger charge is 1.96. The number of benzene rings is 2. The molecule has 0 saturated carbocycles. The van der Waals surface area contributed by atoms with Crippen LogP contribution in [0.25, 0.3) is 0 Å². The number of aliphatic imine (C=N–C) groups is 1. The molecule has 0 atom stereocenters. The maximum Gasteiger partial charge on any atom is 0.0998 e. The molecular formula is C14H9BrN2. The molecule has 0 saturated heterocycles. The molecule has 0 bridgehead atoms. The fourth-order valence-corrected chi connectivity index (χ4v) is 1.65. The van der Waals surface area contributed by atoms with Crippen molar-refractivity contribution in [3.63, 3.8) is 0 Å². The molecule has 82 valence electrons. The Morgan fingerprint density at radius 2 is 1.76 bits per heavy atom. The zero-order chi connectivity index (χ0) is 12.1. The molecule has 0 radical (unpaired) electrons. The van der Waals surface area contributed by atoms with Crippen LogP contribution in [0.2, 0.25) is 0 Å². The van der Waals surface area contributed by atoms with E-state index in [0.29, 0.717) is 5.56 Å². The molecule has 0 aromatic heterocycles. The molecule has 2 nitrogen and oxygen atoms in total. The van der Waals surface area contributed by atoms with E-state index in [0.717, 1.165) is 15.7 Å². The van der Waals surface area contributed by atoms with Crippen LogP contribution in [0.4, 0.5) is 5.69 Å². The Morgan fingerprint density at radius 3 is 2.47 bits per heavy atom. The van der Waals surface area contributed by atoms with Crippen LogP contribution in [0, 0.1) is 11.3 Å². The molecule has 0 aliphatic heterocycles. The van der Waals surface area contributed by atoms with Crippen molar-refractivity contribution < 1.29 is 0 Å². The van der Waals surface area contributed by atoms with Gasteiger partial charge in [0.25, 0.3) is 0 Å². The summed E-state index contributed by atoms with van der Waals surface area (Å²) < 4.78 is 1.02. The predicted molar refractivity (Wildman–Crippen MR) is 72.6 cm³/mol. The molecule has 0 fully saturated rings. The maximum absolute atomic E-state index is 8.93. The van der Waals surface area contributed by atoms with Crippen LogP contribution in [0.15, 0.2) is 58.0 Å². The van der Waals surface area contributed by atoms with Gasteiger partial charge in [-0.15, -0.1) is 0 Å². The molecule has 2 aromatic rings. The van der Waals surface area contributed by atoms with Gasteiger partial charge in [-0.3, -0.25) is 4.99 Å². The molecule has 0 amide bonds. The first kappa shape index (κ1) is 11.6. The Hall–Kier alpha value is -1.92. The highest BCUT2D eigenvalue weighted by atomic mass is 79.9. The maximum atomic E-state index is 8.93.